The molecule has 13 heteroatoms. The molecule has 0 bridgehead atoms. The maximum atomic E-state index is 6.24. The summed E-state index contributed by atoms with van der Waals surface area (Å²) in [6, 6.07) is 3.11. The third-order valence-corrected chi connectivity index (χ3v) is 10.7. The van der Waals surface area contributed by atoms with Crippen molar-refractivity contribution in [2.45, 2.75) is 70.8 Å². The van der Waals surface area contributed by atoms with Gasteiger partial charge in [-0.1, -0.05) is 44.8 Å². The molecule has 0 amide bonds. The third kappa shape index (κ3) is 5.85. The zero-order chi connectivity index (χ0) is 29.5. The minimum Gasteiger partial charge on any atom is -0.493 e. The Morgan fingerprint density at radius 2 is 1.88 bits per heavy atom. The molecule has 0 aliphatic carbocycles. The molecule has 2 aliphatic heterocycles. The van der Waals surface area contributed by atoms with Crippen molar-refractivity contribution in [1.29, 1.82) is 0 Å². The van der Waals surface area contributed by atoms with Crippen LogP contribution in [0.3, 0.4) is 0 Å². The van der Waals surface area contributed by atoms with Gasteiger partial charge in [-0.3, -0.25) is 0 Å². The maximum Gasteiger partial charge on any atom is 0.197 e. The van der Waals surface area contributed by atoms with E-state index in [9.17, 15) is 0 Å². The van der Waals surface area contributed by atoms with Gasteiger partial charge in [0.15, 0.2) is 17.2 Å². The molecule has 226 valence electrons. The summed E-state index contributed by atoms with van der Waals surface area (Å²) < 4.78 is 27.5. The second-order valence-electron chi connectivity index (χ2n) is 12.5. The minimum atomic E-state index is -1.23. The van der Waals surface area contributed by atoms with Gasteiger partial charge in [-0.25, -0.2) is 19.2 Å². The van der Waals surface area contributed by atoms with Gasteiger partial charge in [0, 0.05) is 57.9 Å². The van der Waals surface area contributed by atoms with Crippen LogP contribution in [0.4, 0.5) is 5.00 Å². The average molecular weight is 612 g/mol. The molecule has 2 fully saturated rings. The van der Waals surface area contributed by atoms with Crippen LogP contribution in [0.25, 0.3) is 27.6 Å². The van der Waals surface area contributed by atoms with Gasteiger partial charge in [-0.15, -0.1) is 0 Å². The molecule has 4 aromatic rings. The molecule has 1 spiro atoms. The van der Waals surface area contributed by atoms with E-state index >= 15 is 0 Å². The van der Waals surface area contributed by atoms with Crippen LogP contribution in [-0.4, -0.2) is 83.2 Å². The van der Waals surface area contributed by atoms with Crippen molar-refractivity contribution in [2.24, 2.45) is 0 Å². The summed E-state index contributed by atoms with van der Waals surface area (Å²) in [7, 11) is 0.429. The number of hydrogen-bond acceptors (Lipinski definition) is 10. The van der Waals surface area contributed by atoms with Gasteiger partial charge in [0.1, 0.15) is 28.8 Å². The van der Waals surface area contributed by atoms with E-state index in [1.54, 1.807) is 23.0 Å². The molecule has 0 aromatic carbocycles. The van der Waals surface area contributed by atoms with E-state index in [1.165, 1.54) is 6.33 Å². The Labute approximate surface area is 251 Å². The molecule has 0 atom stereocenters. The lowest BCUT2D eigenvalue weighted by atomic mass is 9.97. The molecule has 0 radical (unpaired) electrons. The minimum absolute atomic E-state index is 0.182. The Kier molecular flexibility index (Phi) is 8.13. The SMILES string of the molecule is COc1cc(-c2c(C(C)C)c(-c3ncc(N4CCC5(CC4)OCCO5)s3)nn2COCC[Si](C)(C)C)cn2ncnc12. The van der Waals surface area contributed by atoms with Crippen molar-refractivity contribution in [1.82, 2.24) is 29.4 Å². The molecular formula is C29H41N7O4SSi. The first-order valence-corrected chi connectivity index (χ1v) is 19.2. The molecule has 11 nitrogen and oxygen atoms in total. The van der Waals surface area contributed by atoms with Crippen LogP contribution in [0.15, 0.2) is 24.8 Å². The van der Waals surface area contributed by atoms with E-state index in [0.29, 0.717) is 37.9 Å². The summed E-state index contributed by atoms with van der Waals surface area (Å²) in [5, 5.41) is 11.6. The summed E-state index contributed by atoms with van der Waals surface area (Å²) in [5.41, 5.74) is 4.60. The Morgan fingerprint density at radius 1 is 1.12 bits per heavy atom. The molecule has 2 aliphatic rings. The predicted octanol–water partition coefficient (Wildman–Crippen LogP) is 5.50. The standard InChI is InChI=1S/C29H41N7O4SSi/c1-20(2)24-25(28-30-16-23(41-28)34-9-7-29(8-10-34)39-11-12-40-29)33-36(19-38-13-14-42(4,5)6)26(24)21-15-22(37-3)27-31-18-32-35(27)17-21/h15-18,20H,7-14,19H2,1-6H3. The second-order valence-corrected chi connectivity index (χ2v) is 19.2. The van der Waals surface area contributed by atoms with Gasteiger partial charge in [-0.2, -0.15) is 10.2 Å². The number of aromatic nitrogens is 6. The first-order chi connectivity index (χ1) is 20.2. The van der Waals surface area contributed by atoms with E-state index in [1.807, 2.05) is 23.1 Å². The van der Waals surface area contributed by atoms with Crippen LogP contribution in [0, 0.1) is 0 Å². The zero-order valence-corrected chi connectivity index (χ0v) is 27.2. The highest BCUT2D eigenvalue weighted by Gasteiger charge is 2.40. The summed E-state index contributed by atoms with van der Waals surface area (Å²) in [4.78, 5) is 11.6. The first-order valence-electron chi connectivity index (χ1n) is 14.7. The molecule has 0 saturated carbocycles. The van der Waals surface area contributed by atoms with Crippen molar-refractivity contribution in [3.63, 3.8) is 0 Å². The number of methoxy groups -OCH3 is 1. The van der Waals surface area contributed by atoms with Crippen LogP contribution in [0.1, 0.15) is 38.2 Å². The number of ether oxygens (including phenoxy) is 4. The topological polar surface area (TPSA) is 101 Å². The van der Waals surface area contributed by atoms with Gasteiger partial charge in [0.05, 0.1) is 32.2 Å². The Hall–Kier alpha value is -2.84. The van der Waals surface area contributed by atoms with Crippen molar-refractivity contribution >= 4 is 30.1 Å². The van der Waals surface area contributed by atoms with Gasteiger partial charge < -0.3 is 23.8 Å². The van der Waals surface area contributed by atoms with Gasteiger partial charge >= 0.3 is 0 Å². The summed E-state index contributed by atoms with van der Waals surface area (Å²) in [6.07, 6.45) is 7.22. The van der Waals surface area contributed by atoms with Crippen LogP contribution in [0.2, 0.25) is 25.7 Å². The number of nitrogens with zero attached hydrogens (tertiary/aromatic N) is 7. The first kappa shape index (κ1) is 29.2. The molecule has 42 heavy (non-hydrogen) atoms. The van der Waals surface area contributed by atoms with Crippen molar-refractivity contribution in [3.8, 4) is 27.7 Å². The van der Waals surface area contributed by atoms with Crippen LogP contribution < -0.4 is 9.64 Å². The fourth-order valence-corrected chi connectivity index (χ4v) is 7.38. The molecule has 2 saturated heterocycles. The van der Waals surface area contributed by atoms with Gasteiger partial charge in [0.25, 0.3) is 0 Å². The van der Waals surface area contributed by atoms with E-state index in [-0.39, 0.29) is 5.92 Å². The van der Waals surface area contributed by atoms with E-state index in [4.69, 9.17) is 29.0 Å². The largest absolute Gasteiger partial charge is 0.493 e. The molecule has 6 heterocycles. The number of piperidine rings is 1. The molecule has 0 unspecified atom stereocenters. The molecule has 0 N–H and O–H groups in total. The summed E-state index contributed by atoms with van der Waals surface area (Å²) in [5.74, 6) is 0.440. The number of hydrogen-bond donors (Lipinski definition) is 0. The van der Waals surface area contributed by atoms with Crippen LogP contribution in [-0.2, 0) is 20.9 Å². The lowest BCUT2D eigenvalue weighted by Gasteiger charge is -2.37. The lowest BCUT2D eigenvalue weighted by Crippen LogP contribution is -2.44. The fraction of sp³-hybridized carbons (Fsp3) is 0.586. The van der Waals surface area contributed by atoms with Gasteiger partial charge in [0.2, 0.25) is 0 Å². The van der Waals surface area contributed by atoms with E-state index in [2.05, 4.69) is 48.5 Å². The fourth-order valence-electron chi connectivity index (χ4n) is 5.66. The maximum absolute atomic E-state index is 6.24. The van der Waals surface area contributed by atoms with Gasteiger partial charge in [-0.05, 0) is 18.0 Å². The van der Waals surface area contributed by atoms with Crippen LogP contribution in [0.5, 0.6) is 5.75 Å². The summed E-state index contributed by atoms with van der Waals surface area (Å²) >= 11 is 1.69. The Morgan fingerprint density at radius 3 is 2.57 bits per heavy atom. The second kappa shape index (κ2) is 11.7. The Balaban J connectivity index is 1.36. The molecular weight excluding hydrogens is 571 g/mol. The third-order valence-electron chi connectivity index (χ3n) is 7.96. The number of thiazole rings is 1. The highest BCUT2D eigenvalue weighted by molar-refractivity contribution is 7.18. The monoisotopic (exact) mass is 611 g/mol. The smallest absolute Gasteiger partial charge is 0.197 e. The predicted molar refractivity (Wildman–Crippen MR) is 166 cm³/mol. The van der Waals surface area contributed by atoms with Crippen molar-refractivity contribution < 1.29 is 18.9 Å². The highest BCUT2D eigenvalue weighted by Crippen LogP contribution is 2.42. The van der Waals surface area contributed by atoms with E-state index < -0.39 is 13.9 Å². The zero-order valence-electron chi connectivity index (χ0n) is 25.4. The molecule has 4 aromatic heterocycles. The lowest BCUT2D eigenvalue weighted by molar-refractivity contribution is -0.169. The van der Waals surface area contributed by atoms with Crippen LogP contribution >= 0.6 is 11.3 Å². The summed E-state index contributed by atoms with van der Waals surface area (Å²) in [6.45, 7) is 15.7. The number of anilines is 1. The Bertz CT molecular complexity index is 1530. The molecule has 6 rings (SSSR count). The number of pyridine rings is 1. The van der Waals surface area contributed by atoms with Crippen molar-refractivity contribution in [3.05, 3.63) is 30.4 Å². The normalized spacial score (nSPS) is 17.3. The average Bonchev–Trinajstić information content (AvgIpc) is 3.76. The number of fused-ring (bicyclic) bond motifs is 1. The van der Waals surface area contributed by atoms with Crippen molar-refractivity contribution in [2.75, 3.05) is 44.9 Å². The highest BCUT2D eigenvalue weighted by atomic mass is 32.1. The number of rotatable bonds is 10. The quantitative estimate of drug-likeness (QED) is 0.170. The van der Waals surface area contributed by atoms with E-state index in [0.717, 1.165) is 64.5 Å².